The lowest BCUT2D eigenvalue weighted by atomic mass is 10.1. The number of benzene rings is 1. The molecular formula is C15H19N3O. The third kappa shape index (κ3) is 3.51. The van der Waals surface area contributed by atoms with Gasteiger partial charge in [0.15, 0.2) is 5.82 Å². The molecule has 100 valence electrons. The van der Waals surface area contributed by atoms with Crippen molar-refractivity contribution in [3.8, 4) is 0 Å². The van der Waals surface area contributed by atoms with E-state index in [1.165, 1.54) is 0 Å². The second kappa shape index (κ2) is 6.85. The van der Waals surface area contributed by atoms with Crippen LogP contribution in [0.4, 0.5) is 5.82 Å². The number of hydrogen-bond donors (Lipinski definition) is 1. The summed E-state index contributed by atoms with van der Waals surface area (Å²) in [6.45, 7) is 5.47. The van der Waals surface area contributed by atoms with Crippen LogP contribution in [-0.4, -0.2) is 23.1 Å². The first kappa shape index (κ1) is 13.5. The topological polar surface area (TPSA) is 47.0 Å². The Morgan fingerprint density at radius 2 is 1.95 bits per heavy atom. The summed E-state index contributed by atoms with van der Waals surface area (Å²) in [6.07, 6.45) is 1.54. The molecule has 0 amide bonds. The summed E-state index contributed by atoms with van der Waals surface area (Å²) in [4.78, 5) is 8.85. The molecule has 0 bridgehead atoms. The van der Waals surface area contributed by atoms with Gasteiger partial charge in [-0.2, -0.15) is 0 Å². The normalized spacial score (nSPS) is 12.1. The molecule has 0 aliphatic heterocycles. The third-order valence-electron chi connectivity index (χ3n) is 2.70. The number of aromatic nitrogens is 2. The van der Waals surface area contributed by atoms with Crippen molar-refractivity contribution in [3.05, 3.63) is 54.0 Å². The molecule has 0 saturated heterocycles. The first-order chi connectivity index (χ1) is 9.35. The summed E-state index contributed by atoms with van der Waals surface area (Å²) in [5, 5.41) is 3.19. The van der Waals surface area contributed by atoms with Crippen LogP contribution < -0.4 is 5.32 Å². The van der Waals surface area contributed by atoms with Gasteiger partial charge in [-0.25, -0.2) is 9.97 Å². The molecule has 4 heteroatoms. The highest BCUT2D eigenvalue weighted by molar-refractivity contribution is 5.34. The Balaban J connectivity index is 2.31. The maximum Gasteiger partial charge on any atom is 0.164 e. The highest BCUT2D eigenvalue weighted by atomic mass is 16.5. The van der Waals surface area contributed by atoms with Crippen molar-refractivity contribution in [3.63, 3.8) is 0 Å². The number of ether oxygens (including phenoxy) is 1. The monoisotopic (exact) mass is 257 g/mol. The van der Waals surface area contributed by atoms with Gasteiger partial charge in [-0.3, -0.25) is 0 Å². The van der Waals surface area contributed by atoms with Crippen LogP contribution in [0.25, 0.3) is 0 Å². The highest BCUT2D eigenvalue weighted by Crippen LogP contribution is 2.23. The molecular weight excluding hydrogens is 238 g/mol. The molecule has 2 rings (SSSR count). The van der Waals surface area contributed by atoms with Crippen molar-refractivity contribution in [1.29, 1.82) is 0 Å². The molecule has 1 N–H and O–H groups in total. The number of nitrogens with zero attached hydrogens (tertiary/aromatic N) is 2. The lowest BCUT2D eigenvalue weighted by molar-refractivity contribution is 0.0852. The summed E-state index contributed by atoms with van der Waals surface area (Å²) in [7, 11) is 0. The van der Waals surface area contributed by atoms with Crippen molar-refractivity contribution in [2.75, 3.05) is 18.5 Å². The van der Waals surface area contributed by atoms with E-state index in [-0.39, 0.29) is 6.10 Å². The molecule has 1 unspecified atom stereocenters. The van der Waals surface area contributed by atoms with Crippen LogP contribution in [0.1, 0.15) is 31.3 Å². The first-order valence-electron chi connectivity index (χ1n) is 6.58. The molecule has 0 saturated carbocycles. The molecule has 19 heavy (non-hydrogen) atoms. The molecule has 0 aliphatic rings. The van der Waals surface area contributed by atoms with Crippen LogP contribution in [0.15, 0.2) is 42.6 Å². The molecule has 0 radical (unpaired) electrons. The van der Waals surface area contributed by atoms with Crippen LogP contribution in [-0.2, 0) is 4.74 Å². The smallest absolute Gasteiger partial charge is 0.164 e. The lowest BCUT2D eigenvalue weighted by Gasteiger charge is -2.16. The van der Waals surface area contributed by atoms with Gasteiger partial charge in [0.25, 0.3) is 0 Å². The van der Waals surface area contributed by atoms with E-state index in [1.54, 1.807) is 6.20 Å². The molecule has 0 spiro atoms. The molecule has 0 aliphatic carbocycles. The van der Waals surface area contributed by atoms with Crippen molar-refractivity contribution in [1.82, 2.24) is 9.97 Å². The Labute approximate surface area is 113 Å². The van der Waals surface area contributed by atoms with E-state index in [1.807, 2.05) is 50.2 Å². The molecule has 1 aromatic carbocycles. The Hall–Kier alpha value is -1.94. The summed E-state index contributed by atoms with van der Waals surface area (Å²) in [5.41, 5.74) is 1.07. The Kier molecular flexibility index (Phi) is 4.86. The fourth-order valence-electron chi connectivity index (χ4n) is 1.89. The maximum absolute atomic E-state index is 5.79. The molecule has 1 aromatic heterocycles. The van der Waals surface area contributed by atoms with Gasteiger partial charge in [-0.05, 0) is 25.5 Å². The van der Waals surface area contributed by atoms with E-state index in [0.29, 0.717) is 12.4 Å². The van der Waals surface area contributed by atoms with E-state index >= 15 is 0 Å². The van der Waals surface area contributed by atoms with Gasteiger partial charge in [0, 0.05) is 19.3 Å². The molecule has 0 fully saturated rings. The van der Waals surface area contributed by atoms with E-state index < -0.39 is 0 Å². The van der Waals surface area contributed by atoms with Crippen LogP contribution in [0, 0.1) is 0 Å². The SMILES string of the molecule is CCNc1ccnc(C(OCC)c2ccccc2)n1. The van der Waals surface area contributed by atoms with Gasteiger partial charge in [0.2, 0.25) is 0 Å². The summed E-state index contributed by atoms with van der Waals surface area (Å²) < 4.78 is 5.79. The predicted molar refractivity (Wildman–Crippen MR) is 76.1 cm³/mol. The van der Waals surface area contributed by atoms with E-state index in [2.05, 4.69) is 15.3 Å². The Bertz CT molecular complexity index is 502. The average Bonchev–Trinajstić information content (AvgIpc) is 2.46. The first-order valence-corrected chi connectivity index (χ1v) is 6.58. The van der Waals surface area contributed by atoms with Crippen molar-refractivity contribution in [2.24, 2.45) is 0 Å². The highest BCUT2D eigenvalue weighted by Gasteiger charge is 2.17. The van der Waals surface area contributed by atoms with Gasteiger partial charge < -0.3 is 10.1 Å². The van der Waals surface area contributed by atoms with Crippen LogP contribution >= 0.6 is 0 Å². The molecule has 1 atom stereocenters. The largest absolute Gasteiger partial charge is 0.370 e. The average molecular weight is 257 g/mol. The van der Waals surface area contributed by atoms with E-state index in [0.717, 1.165) is 17.9 Å². The minimum absolute atomic E-state index is 0.218. The minimum atomic E-state index is -0.218. The summed E-state index contributed by atoms with van der Waals surface area (Å²) in [6, 6.07) is 11.9. The van der Waals surface area contributed by atoms with Gasteiger partial charge in [0.1, 0.15) is 11.9 Å². The minimum Gasteiger partial charge on any atom is -0.370 e. The third-order valence-corrected chi connectivity index (χ3v) is 2.70. The van der Waals surface area contributed by atoms with Gasteiger partial charge >= 0.3 is 0 Å². The number of hydrogen-bond acceptors (Lipinski definition) is 4. The van der Waals surface area contributed by atoms with Gasteiger partial charge in [-0.15, -0.1) is 0 Å². The Morgan fingerprint density at radius 1 is 1.16 bits per heavy atom. The van der Waals surface area contributed by atoms with Crippen molar-refractivity contribution in [2.45, 2.75) is 20.0 Å². The van der Waals surface area contributed by atoms with Crippen LogP contribution in [0.2, 0.25) is 0 Å². The number of anilines is 1. The van der Waals surface area contributed by atoms with Crippen molar-refractivity contribution < 1.29 is 4.74 Å². The second-order valence-electron chi connectivity index (χ2n) is 4.08. The lowest BCUT2D eigenvalue weighted by Crippen LogP contribution is -2.11. The second-order valence-corrected chi connectivity index (χ2v) is 4.08. The van der Waals surface area contributed by atoms with E-state index in [9.17, 15) is 0 Å². The standard InChI is InChI=1S/C15H19N3O/c1-3-16-13-10-11-17-15(18-13)14(19-4-2)12-8-6-5-7-9-12/h5-11,14H,3-4H2,1-2H3,(H,16,17,18). The maximum atomic E-state index is 5.79. The fourth-order valence-corrected chi connectivity index (χ4v) is 1.89. The molecule has 2 aromatic rings. The van der Waals surface area contributed by atoms with Crippen LogP contribution in [0.3, 0.4) is 0 Å². The van der Waals surface area contributed by atoms with Crippen LogP contribution in [0.5, 0.6) is 0 Å². The van der Waals surface area contributed by atoms with Gasteiger partial charge in [0.05, 0.1) is 0 Å². The summed E-state index contributed by atoms with van der Waals surface area (Å²) >= 11 is 0. The zero-order valence-electron chi connectivity index (χ0n) is 11.3. The summed E-state index contributed by atoms with van der Waals surface area (Å²) in [5.74, 6) is 1.51. The quantitative estimate of drug-likeness (QED) is 0.864. The van der Waals surface area contributed by atoms with Crippen molar-refractivity contribution >= 4 is 5.82 Å². The predicted octanol–water partition coefficient (Wildman–Crippen LogP) is 3.03. The van der Waals surface area contributed by atoms with Gasteiger partial charge in [-0.1, -0.05) is 30.3 Å². The molecule has 4 nitrogen and oxygen atoms in total. The molecule has 1 heterocycles. The number of nitrogens with one attached hydrogen (secondary N) is 1. The zero-order valence-corrected chi connectivity index (χ0v) is 11.3. The number of rotatable bonds is 6. The fraction of sp³-hybridized carbons (Fsp3) is 0.333. The van der Waals surface area contributed by atoms with E-state index in [4.69, 9.17) is 4.74 Å². The zero-order chi connectivity index (χ0) is 13.5. The Morgan fingerprint density at radius 3 is 2.63 bits per heavy atom.